The van der Waals surface area contributed by atoms with Crippen LogP contribution < -0.4 is 0 Å². The minimum Gasteiger partial charge on any atom is -0.383 e. The average Bonchev–Trinajstić information content (AvgIpc) is 2.71. The third-order valence-electron chi connectivity index (χ3n) is 4.50. The predicted octanol–water partition coefficient (Wildman–Crippen LogP) is 4.05. The Bertz CT molecular complexity index is 904. The summed E-state index contributed by atoms with van der Waals surface area (Å²) in [5, 5.41) is 0. The van der Waals surface area contributed by atoms with Crippen LogP contribution in [0.1, 0.15) is 27.3 Å². The summed E-state index contributed by atoms with van der Waals surface area (Å²) in [5.41, 5.74) is 5.80. The summed E-state index contributed by atoms with van der Waals surface area (Å²) >= 11 is 0. The van der Waals surface area contributed by atoms with Crippen LogP contribution in [0.2, 0.25) is 0 Å². The quantitative estimate of drug-likeness (QED) is 0.625. The van der Waals surface area contributed by atoms with Crippen LogP contribution in [0.3, 0.4) is 0 Å². The van der Waals surface area contributed by atoms with Gasteiger partial charge in [-0.25, -0.2) is 0 Å². The molecule has 3 aromatic rings. The van der Waals surface area contributed by atoms with E-state index in [0.29, 0.717) is 25.3 Å². The lowest BCUT2D eigenvalue weighted by atomic mass is 10.0. The van der Waals surface area contributed by atoms with Gasteiger partial charge in [0, 0.05) is 49.5 Å². The van der Waals surface area contributed by atoms with Gasteiger partial charge in [0.25, 0.3) is 5.91 Å². The third kappa shape index (κ3) is 5.02. The van der Waals surface area contributed by atoms with Crippen LogP contribution in [0.15, 0.2) is 60.9 Å². The van der Waals surface area contributed by atoms with Crippen LogP contribution in [0, 0.1) is 13.8 Å². The van der Waals surface area contributed by atoms with Crippen molar-refractivity contribution in [3.63, 3.8) is 0 Å². The molecule has 0 saturated heterocycles. The maximum atomic E-state index is 13.1. The summed E-state index contributed by atoms with van der Waals surface area (Å²) in [6.45, 7) is 5.48. The number of rotatable bonds is 7. The second kappa shape index (κ2) is 9.24. The fourth-order valence-electron chi connectivity index (χ4n) is 3.15. The topological polar surface area (TPSA) is 55.3 Å². The number of hydrogen-bond acceptors (Lipinski definition) is 4. The first-order valence-electron chi connectivity index (χ1n) is 9.29. The van der Waals surface area contributed by atoms with E-state index < -0.39 is 0 Å². The van der Waals surface area contributed by atoms with E-state index in [-0.39, 0.29) is 5.91 Å². The Morgan fingerprint density at radius 1 is 1.04 bits per heavy atom. The molecule has 0 spiro atoms. The smallest absolute Gasteiger partial charge is 0.254 e. The van der Waals surface area contributed by atoms with Crippen molar-refractivity contribution in [2.75, 3.05) is 20.3 Å². The van der Waals surface area contributed by atoms with Gasteiger partial charge in [-0.3, -0.25) is 14.8 Å². The zero-order valence-electron chi connectivity index (χ0n) is 16.6. The molecule has 1 aromatic carbocycles. The monoisotopic (exact) mass is 375 g/mol. The molecule has 5 heteroatoms. The highest BCUT2D eigenvalue weighted by Gasteiger charge is 2.16. The van der Waals surface area contributed by atoms with Gasteiger partial charge < -0.3 is 9.64 Å². The maximum absolute atomic E-state index is 13.1. The van der Waals surface area contributed by atoms with Gasteiger partial charge in [0.2, 0.25) is 0 Å². The summed E-state index contributed by atoms with van der Waals surface area (Å²) < 4.78 is 5.18. The van der Waals surface area contributed by atoms with Gasteiger partial charge in [-0.1, -0.05) is 18.2 Å². The third-order valence-corrected chi connectivity index (χ3v) is 4.50. The summed E-state index contributed by atoms with van der Waals surface area (Å²) in [7, 11) is 1.64. The average molecular weight is 375 g/mol. The summed E-state index contributed by atoms with van der Waals surface area (Å²) in [6, 6.07) is 15.7. The first kappa shape index (κ1) is 19.7. The lowest BCUT2D eigenvalue weighted by molar-refractivity contribution is 0.0680. The molecule has 0 radical (unpaired) electrons. The van der Waals surface area contributed by atoms with Crippen LogP contribution in [0.4, 0.5) is 0 Å². The minimum atomic E-state index is -0.0189. The normalized spacial score (nSPS) is 10.7. The lowest BCUT2D eigenvalue weighted by Gasteiger charge is -2.22. The van der Waals surface area contributed by atoms with Crippen LogP contribution in [-0.2, 0) is 11.3 Å². The molecule has 2 heterocycles. The van der Waals surface area contributed by atoms with Gasteiger partial charge in [0.15, 0.2) is 0 Å². The number of pyridine rings is 2. The van der Waals surface area contributed by atoms with Crippen molar-refractivity contribution in [3.8, 4) is 11.1 Å². The molecule has 0 aliphatic heterocycles. The van der Waals surface area contributed by atoms with Crippen LogP contribution in [0.25, 0.3) is 11.1 Å². The van der Waals surface area contributed by atoms with Gasteiger partial charge in [-0.05, 0) is 60.9 Å². The zero-order chi connectivity index (χ0) is 19.9. The van der Waals surface area contributed by atoms with Crippen molar-refractivity contribution in [2.45, 2.75) is 20.4 Å². The van der Waals surface area contributed by atoms with Crippen molar-refractivity contribution in [2.24, 2.45) is 0 Å². The second-order valence-corrected chi connectivity index (χ2v) is 6.80. The Morgan fingerprint density at radius 2 is 1.75 bits per heavy atom. The highest BCUT2D eigenvalue weighted by Crippen LogP contribution is 2.22. The molecule has 0 bridgehead atoms. The molecule has 0 aliphatic carbocycles. The van der Waals surface area contributed by atoms with E-state index in [0.717, 1.165) is 28.1 Å². The van der Waals surface area contributed by atoms with Gasteiger partial charge in [0.1, 0.15) is 0 Å². The van der Waals surface area contributed by atoms with Crippen molar-refractivity contribution < 1.29 is 9.53 Å². The summed E-state index contributed by atoms with van der Waals surface area (Å²) in [5.74, 6) is -0.0189. The van der Waals surface area contributed by atoms with Gasteiger partial charge in [-0.2, -0.15) is 0 Å². The first-order chi connectivity index (χ1) is 13.6. The van der Waals surface area contributed by atoms with E-state index in [1.54, 1.807) is 24.4 Å². The summed E-state index contributed by atoms with van der Waals surface area (Å²) in [4.78, 5) is 23.4. The first-order valence-corrected chi connectivity index (χ1v) is 9.29. The zero-order valence-corrected chi connectivity index (χ0v) is 16.6. The largest absolute Gasteiger partial charge is 0.383 e. The van der Waals surface area contributed by atoms with Gasteiger partial charge >= 0.3 is 0 Å². The number of methoxy groups -OCH3 is 1. The van der Waals surface area contributed by atoms with Crippen molar-refractivity contribution >= 4 is 5.91 Å². The molecule has 0 unspecified atom stereocenters. The molecule has 0 saturated carbocycles. The van der Waals surface area contributed by atoms with E-state index in [1.165, 1.54) is 0 Å². The molecule has 1 amide bonds. The van der Waals surface area contributed by atoms with Crippen LogP contribution in [-0.4, -0.2) is 41.0 Å². The molecule has 0 fully saturated rings. The predicted molar refractivity (Wildman–Crippen MR) is 110 cm³/mol. The fourth-order valence-corrected chi connectivity index (χ4v) is 3.15. The number of amides is 1. The number of aryl methyl sites for hydroxylation is 2. The van der Waals surface area contributed by atoms with E-state index in [9.17, 15) is 4.79 Å². The molecular formula is C23H25N3O2. The molecule has 2 aromatic heterocycles. The minimum absolute atomic E-state index is 0.0189. The Hall–Kier alpha value is -3.05. The number of hydrogen-bond donors (Lipinski definition) is 0. The number of aromatic nitrogens is 2. The van der Waals surface area contributed by atoms with Crippen molar-refractivity contribution in [1.82, 2.24) is 14.9 Å². The molecular weight excluding hydrogens is 350 g/mol. The van der Waals surface area contributed by atoms with E-state index in [1.807, 2.05) is 50.2 Å². The number of ether oxygens (including phenoxy) is 1. The van der Waals surface area contributed by atoms with Gasteiger partial charge in [-0.15, -0.1) is 0 Å². The van der Waals surface area contributed by atoms with Crippen molar-refractivity contribution in [1.29, 1.82) is 0 Å². The molecule has 3 rings (SSSR count). The molecule has 0 aliphatic rings. The van der Waals surface area contributed by atoms with Gasteiger partial charge in [0.05, 0.1) is 6.61 Å². The second-order valence-electron chi connectivity index (χ2n) is 6.80. The van der Waals surface area contributed by atoms with E-state index in [4.69, 9.17) is 4.74 Å². The molecule has 0 N–H and O–H groups in total. The van der Waals surface area contributed by atoms with Crippen LogP contribution in [0.5, 0.6) is 0 Å². The standard InChI is InChI=1S/C23H25N3O2/c1-17-13-22(14-18(2)25-17)20-6-8-21(9-7-20)23(27)26(11-12-28-3)16-19-5-4-10-24-15-19/h4-10,13-15H,11-12,16H2,1-3H3. The van der Waals surface area contributed by atoms with Crippen LogP contribution >= 0.6 is 0 Å². The number of carbonyl (C=O) groups excluding carboxylic acids is 1. The number of carbonyl (C=O) groups is 1. The summed E-state index contributed by atoms with van der Waals surface area (Å²) in [6.07, 6.45) is 3.51. The van der Waals surface area contributed by atoms with E-state index in [2.05, 4.69) is 22.1 Å². The highest BCUT2D eigenvalue weighted by atomic mass is 16.5. The molecule has 144 valence electrons. The number of benzene rings is 1. The maximum Gasteiger partial charge on any atom is 0.254 e. The molecule has 28 heavy (non-hydrogen) atoms. The Morgan fingerprint density at radius 3 is 2.36 bits per heavy atom. The lowest BCUT2D eigenvalue weighted by Crippen LogP contribution is -2.33. The fraction of sp³-hybridized carbons (Fsp3) is 0.261. The highest BCUT2D eigenvalue weighted by molar-refractivity contribution is 5.94. The molecule has 0 atom stereocenters. The van der Waals surface area contributed by atoms with Crippen molar-refractivity contribution in [3.05, 3.63) is 83.4 Å². The van der Waals surface area contributed by atoms with E-state index >= 15 is 0 Å². The number of nitrogens with zero attached hydrogens (tertiary/aromatic N) is 3. The SMILES string of the molecule is COCCN(Cc1cccnc1)C(=O)c1ccc(-c2cc(C)nc(C)c2)cc1. The Kier molecular flexibility index (Phi) is 6.50. The Balaban J connectivity index is 1.80. The Labute approximate surface area is 166 Å². The molecule has 5 nitrogen and oxygen atoms in total.